The van der Waals surface area contributed by atoms with E-state index >= 15 is 0 Å². The molecule has 0 bridgehead atoms. The van der Waals surface area contributed by atoms with Gasteiger partial charge in [-0.3, -0.25) is 5.10 Å². The van der Waals surface area contributed by atoms with Crippen LogP contribution in [0.2, 0.25) is 0 Å². The summed E-state index contributed by atoms with van der Waals surface area (Å²) in [7, 11) is 0. The molecule has 1 unspecified atom stereocenters. The summed E-state index contributed by atoms with van der Waals surface area (Å²) in [5, 5.41) is 7.20. The first kappa shape index (κ1) is 11.2. The number of nitrogens with zero attached hydrogens (tertiary/aromatic N) is 2. The van der Waals surface area contributed by atoms with Crippen molar-refractivity contribution in [2.24, 2.45) is 5.73 Å². The monoisotopic (exact) mass is 196 g/mol. The Bertz CT molecular complexity index is 286. The van der Waals surface area contributed by atoms with Gasteiger partial charge in [0.2, 0.25) is 0 Å². The SMILES string of the molecule is CCC(C)(CN)c1n[nH]c(C(C)C)n1. The third-order valence-corrected chi connectivity index (χ3v) is 2.82. The average Bonchev–Trinajstić information content (AvgIpc) is 2.66. The molecule has 0 spiro atoms. The fourth-order valence-electron chi connectivity index (χ4n) is 1.20. The Morgan fingerprint density at radius 1 is 1.50 bits per heavy atom. The van der Waals surface area contributed by atoms with Crippen LogP contribution in [0.25, 0.3) is 0 Å². The maximum absolute atomic E-state index is 5.74. The highest BCUT2D eigenvalue weighted by molar-refractivity contribution is 5.08. The molecule has 14 heavy (non-hydrogen) atoms. The Hall–Kier alpha value is -0.900. The van der Waals surface area contributed by atoms with E-state index in [1.165, 1.54) is 0 Å². The number of rotatable bonds is 4. The topological polar surface area (TPSA) is 67.6 Å². The van der Waals surface area contributed by atoms with Gasteiger partial charge in [-0.25, -0.2) is 4.98 Å². The number of hydrogen-bond acceptors (Lipinski definition) is 3. The summed E-state index contributed by atoms with van der Waals surface area (Å²) in [6.45, 7) is 8.98. The molecule has 0 aliphatic rings. The van der Waals surface area contributed by atoms with Crippen molar-refractivity contribution in [3.8, 4) is 0 Å². The number of nitrogens with one attached hydrogen (secondary N) is 1. The smallest absolute Gasteiger partial charge is 0.157 e. The van der Waals surface area contributed by atoms with Crippen LogP contribution in [-0.2, 0) is 5.41 Å². The Morgan fingerprint density at radius 2 is 2.14 bits per heavy atom. The Morgan fingerprint density at radius 3 is 2.50 bits per heavy atom. The molecule has 0 aliphatic carbocycles. The molecule has 3 N–H and O–H groups in total. The fourth-order valence-corrected chi connectivity index (χ4v) is 1.20. The van der Waals surface area contributed by atoms with Gasteiger partial charge in [0.05, 0.1) is 0 Å². The van der Waals surface area contributed by atoms with Crippen molar-refractivity contribution in [2.75, 3.05) is 6.54 Å². The second-order valence-electron chi connectivity index (χ2n) is 4.32. The summed E-state index contributed by atoms with van der Waals surface area (Å²) >= 11 is 0. The van der Waals surface area contributed by atoms with E-state index in [2.05, 4.69) is 42.9 Å². The molecule has 0 fully saturated rings. The molecular formula is C10H20N4. The van der Waals surface area contributed by atoms with Crippen molar-refractivity contribution < 1.29 is 0 Å². The molecule has 1 heterocycles. The molecule has 1 aromatic rings. The average molecular weight is 196 g/mol. The molecule has 0 amide bonds. The summed E-state index contributed by atoms with van der Waals surface area (Å²) in [6.07, 6.45) is 0.957. The Kier molecular flexibility index (Phi) is 3.26. The standard InChI is InChI=1S/C10H20N4/c1-5-10(4,6-11)9-12-8(7(2)3)13-14-9/h7H,5-6,11H2,1-4H3,(H,12,13,14). The van der Waals surface area contributed by atoms with Crippen molar-refractivity contribution in [1.82, 2.24) is 15.2 Å². The molecule has 4 nitrogen and oxygen atoms in total. The molecule has 0 aliphatic heterocycles. The van der Waals surface area contributed by atoms with Gasteiger partial charge in [-0.15, -0.1) is 0 Å². The van der Waals surface area contributed by atoms with Gasteiger partial charge in [0, 0.05) is 17.9 Å². The van der Waals surface area contributed by atoms with Crippen LogP contribution in [0.5, 0.6) is 0 Å². The van der Waals surface area contributed by atoms with Crippen LogP contribution < -0.4 is 5.73 Å². The van der Waals surface area contributed by atoms with Crippen LogP contribution in [0.3, 0.4) is 0 Å². The second-order valence-corrected chi connectivity index (χ2v) is 4.32. The quantitative estimate of drug-likeness (QED) is 0.767. The molecule has 0 saturated heterocycles. The number of aromatic nitrogens is 3. The Labute approximate surface area is 85.3 Å². The zero-order chi connectivity index (χ0) is 10.8. The molecule has 0 aromatic carbocycles. The largest absolute Gasteiger partial charge is 0.329 e. The third kappa shape index (κ3) is 1.95. The minimum absolute atomic E-state index is 0.0936. The summed E-state index contributed by atoms with van der Waals surface area (Å²) < 4.78 is 0. The van der Waals surface area contributed by atoms with E-state index in [-0.39, 0.29) is 5.41 Å². The van der Waals surface area contributed by atoms with Crippen LogP contribution in [0.4, 0.5) is 0 Å². The lowest BCUT2D eigenvalue weighted by Gasteiger charge is -2.21. The van der Waals surface area contributed by atoms with Gasteiger partial charge in [0.25, 0.3) is 0 Å². The normalized spacial score (nSPS) is 15.9. The molecule has 4 heteroatoms. The van der Waals surface area contributed by atoms with Crippen LogP contribution >= 0.6 is 0 Å². The van der Waals surface area contributed by atoms with Gasteiger partial charge in [-0.2, -0.15) is 5.10 Å². The summed E-state index contributed by atoms with van der Waals surface area (Å²) in [6, 6.07) is 0. The highest BCUT2D eigenvalue weighted by atomic mass is 15.2. The van der Waals surface area contributed by atoms with Crippen molar-refractivity contribution in [2.45, 2.75) is 45.4 Å². The third-order valence-electron chi connectivity index (χ3n) is 2.82. The van der Waals surface area contributed by atoms with Crippen LogP contribution in [-0.4, -0.2) is 21.7 Å². The molecule has 1 rings (SSSR count). The minimum Gasteiger partial charge on any atom is -0.329 e. The number of nitrogens with two attached hydrogens (primary N) is 1. The van der Waals surface area contributed by atoms with E-state index in [1.807, 2.05) is 0 Å². The van der Waals surface area contributed by atoms with Gasteiger partial charge < -0.3 is 5.73 Å². The number of aromatic amines is 1. The second kappa shape index (κ2) is 4.09. The minimum atomic E-state index is -0.0936. The van der Waals surface area contributed by atoms with Gasteiger partial charge in [0.1, 0.15) is 5.82 Å². The van der Waals surface area contributed by atoms with Crippen molar-refractivity contribution in [1.29, 1.82) is 0 Å². The number of hydrogen-bond donors (Lipinski definition) is 2. The zero-order valence-electron chi connectivity index (χ0n) is 9.46. The van der Waals surface area contributed by atoms with Gasteiger partial charge in [-0.05, 0) is 6.42 Å². The lowest BCUT2D eigenvalue weighted by atomic mass is 9.87. The molecule has 0 saturated carbocycles. The maximum Gasteiger partial charge on any atom is 0.157 e. The molecule has 1 aromatic heterocycles. The van der Waals surface area contributed by atoms with Crippen LogP contribution in [0.1, 0.15) is 51.7 Å². The highest BCUT2D eigenvalue weighted by Crippen LogP contribution is 2.23. The summed E-state index contributed by atoms with van der Waals surface area (Å²) in [4.78, 5) is 4.48. The van der Waals surface area contributed by atoms with E-state index in [4.69, 9.17) is 5.73 Å². The van der Waals surface area contributed by atoms with E-state index < -0.39 is 0 Å². The molecule has 1 atom stereocenters. The van der Waals surface area contributed by atoms with Crippen molar-refractivity contribution >= 4 is 0 Å². The van der Waals surface area contributed by atoms with E-state index in [1.54, 1.807) is 0 Å². The van der Waals surface area contributed by atoms with Crippen molar-refractivity contribution in [3.63, 3.8) is 0 Å². The maximum atomic E-state index is 5.74. The molecule has 0 radical (unpaired) electrons. The predicted molar refractivity (Wildman–Crippen MR) is 57.2 cm³/mol. The van der Waals surface area contributed by atoms with Crippen LogP contribution in [0.15, 0.2) is 0 Å². The zero-order valence-corrected chi connectivity index (χ0v) is 9.46. The van der Waals surface area contributed by atoms with E-state index in [9.17, 15) is 0 Å². The summed E-state index contributed by atoms with van der Waals surface area (Å²) in [5.41, 5.74) is 5.65. The first-order valence-corrected chi connectivity index (χ1v) is 5.16. The van der Waals surface area contributed by atoms with Gasteiger partial charge in [-0.1, -0.05) is 27.7 Å². The van der Waals surface area contributed by atoms with Gasteiger partial charge in [0.15, 0.2) is 5.82 Å². The first-order valence-electron chi connectivity index (χ1n) is 5.16. The van der Waals surface area contributed by atoms with Crippen molar-refractivity contribution in [3.05, 3.63) is 11.6 Å². The predicted octanol–water partition coefficient (Wildman–Crippen LogP) is 1.55. The lowest BCUT2D eigenvalue weighted by molar-refractivity contribution is 0.439. The summed E-state index contributed by atoms with van der Waals surface area (Å²) in [5.74, 6) is 2.16. The molecule has 80 valence electrons. The lowest BCUT2D eigenvalue weighted by Crippen LogP contribution is -2.32. The van der Waals surface area contributed by atoms with Gasteiger partial charge >= 0.3 is 0 Å². The molecular weight excluding hydrogens is 176 g/mol. The van der Waals surface area contributed by atoms with Crippen LogP contribution in [0, 0.1) is 0 Å². The Balaban J connectivity index is 2.95. The fraction of sp³-hybridized carbons (Fsp3) is 0.800. The first-order chi connectivity index (χ1) is 6.53. The van der Waals surface area contributed by atoms with E-state index in [0.717, 1.165) is 18.1 Å². The van der Waals surface area contributed by atoms with E-state index in [0.29, 0.717) is 12.5 Å². The number of H-pyrrole nitrogens is 1. The highest BCUT2D eigenvalue weighted by Gasteiger charge is 2.27.